The molecule has 6 saturated carbocycles. The van der Waals surface area contributed by atoms with Gasteiger partial charge in [-0.1, -0.05) is 27.7 Å². The Balaban J connectivity index is 0.000000234. The highest BCUT2D eigenvalue weighted by Crippen LogP contribution is 2.67. The van der Waals surface area contributed by atoms with Crippen LogP contribution in [0.5, 0.6) is 11.5 Å². The molecular weight excluding hydrogens is 1150 g/mol. The Kier molecular flexibility index (Phi) is 18.2. The number of likely N-dealkylation sites (N-methyl/N-ethyl adjacent to an activating group) is 1. The molecule has 1 aromatic heterocycles. The number of ketones is 1. The summed E-state index contributed by atoms with van der Waals surface area (Å²) < 4.78 is 78.2. The second kappa shape index (κ2) is 24.0. The fraction of sp³-hybridized carbons (Fsp3) is 0.661. The average molecular weight is 1240 g/mol. The first-order chi connectivity index (χ1) is 40.0. The Morgan fingerprint density at radius 3 is 1.70 bits per heavy atom. The number of ether oxygens (including phenoxy) is 4. The van der Waals surface area contributed by atoms with E-state index in [-0.39, 0.29) is 95.2 Å². The van der Waals surface area contributed by atoms with E-state index in [0.29, 0.717) is 40.4 Å². The van der Waals surface area contributed by atoms with Gasteiger partial charge in [-0.05, 0) is 178 Å². The van der Waals surface area contributed by atoms with Crippen LogP contribution in [0.4, 0.5) is 13.6 Å². The summed E-state index contributed by atoms with van der Waals surface area (Å²) in [6.07, 6.45) is 3.68. The molecule has 4 bridgehead atoms. The van der Waals surface area contributed by atoms with Crippen molar-refractivity contribution < 1.29 is 75.1 Å². The summed E-state index contributed by atoms with van der Waals surface area (Å²) in [5.41, 5.74) is -1.31. The van der Waals surface area contributed by atoms with Gasteiger partial charge < -0.3 is 47.8 Å². The van der Waals surface area contributed by atoms with Crippen molar-refractivity contribution in [2.45, 2.75) is 194 Å². The molecule has 468 valence electrons. The van der Waals surface area contributed by atoms with Gasteiger partial charge in [0.2, 0.25) is 0 Å². The highest BCUT2D eigenvalue weighted by atomic mass is 35.5. The third kappa shape index (κ3) is 12.6. The van der Waals surface area contributed by atoms with Crippen LogP contribution in [0.15, 0.2) is 29.6 Å². The van der Waals surface area contributed by atoms with Crippen molar-refractivity contribution in [1.29, 1.82) is 0 Å². The minimum absolute atomic E-state index is 0.00382. The van der Waals surface area contributed by atoms with Crippen LogP contribution in [0.1, 0.15) is 171 Å². The van der Waals surface area contributed by atoms with E-state index in [4.69, 9.17) is 49.2 Å². The summed E-state index contributed by atoms with van der Waals surface area (Å²) in [5.74, 6) is -3.56. The highest BCUT2D eigenvalue weighted by molar-refractivity contribution is 7.09. The van der Waals surface area contributed by atoms with E-state index in [9.17, 15) is 33.2 Å². The number of carbonyl (C=O) groups is 6. The second-order valence-electron chi connectivity index (χ2n) is 27.8. The molecule has 86 heavy (non-hydrogen) atoms. The van der Waals surface area contributed by atoms with Gasteiger partial charge in [0, 0.05) is 37.3 Å². The summed E-state index contributed by atoms with van der Waals surface area (Å²) in [6, 6.07) is 2.60. The van der Waals surface area contributed by atoms with Crippen molar-refractivity contribution >= 4 is 72.7 Å². The summed E-state index contributed by atoms with van der Waals surface area (Å²) in [6.45, 7) is 27.6. The van der Waals surface area contributed by atoms with Crippen LogP contribution in [0.25, 0.3) is 0 Å². The number of piperazine rings is 1. The number of halogens is 3. The molecule has 3 aliphatic heterocycles. The summed E-state index contributed by atoms with van der Waals surface area (Å²) in [4.78, 5) is 86.3. The zero-order valence-electron chi connectivity index (χ0n) is 52.4. The molecule has 3 saturated heterocycles. The second-order valence-corrected chi connectivity index (χ2v) is 29.5. The first kappa shape index (κ1) is 65.3. The van der Waals surface area contributed by atoms with Crippen LogP contribution in [0, 0.1) is 53.1 Å². The van der Waals surface area contributed by atoms with Crippen LogP contribution in [-0.4, -0.2) is 138 Å². The van der Waals surface area contributed by atoms with Gasteiger partial charge in [0.05, 0.1) is 53.6 Å². The average Bonchev–Trinajstić information content (AvgIpc) is 1.35. The van der Waals surface area contributed by atoms with Gasteiger partial charge in [-0.2, -0.15) is 0 Å². The number of aryl methyl sites for hydroxylation is 1. The number of hydrogen-bond donors (Lipinski definition) is 1. The van der Waals surface area contributed by atoms with Crippen LogP contribution in [0.2, 0.25) is 5.82 Å². The van der Waals surface area contributed by atoms with Crippen molar-refractivity contribution in [2.75, 3.05) is 33.9 Å². The van der Waals surface area contributed by atoms with Gasteiger partial charge in [-0.3, -0.25) is 19.3 Å². The van der Waals surface area contributed by atoms with E-state index in [1.165, 1.54) is 42.6 Å². The van der Waals surface area contributed by atoms with Crippen molar-refractivity contribution in [1.82, 2.24) is 20.1 Å². The Bertz CT molecular complexity index is 3160. The summed E-state index contributed by atoms with van der Waals surface area (Å²) >= 11 is 8.05. The normalized spacial score (nSPS) is 27.9. The molecule has 6 aliphatic carbocycles. The number of urea groups is 1. The highest BCUT2D eigenvalue weighted by Gasteiger charge is 2.70. The lowest BCUT2D eigenvalue weighted by Crippen LogP contribution is -2.65. The lowest BCUT2D eigenvalue weighted by molar-refractivity contribution is -0.199. The molecule has 0 radical (unpaired) electrons. The van der Waals surface area contributed by atoms with Crippen LogP contribution >= 0.6 is 22.9 Å². The fourth-order valence-electron chi connectivity index (χ4n) is 14.6. The molecule has 9 fully saturated rings. The molecule has 11 atom stereocenters. The number of nitrogens with zero attached hydrogens (tertiary/aromatic N) is 3. The number of carbonyl (C=O) groups excluding carboxylic acids is 6. The van der Waals surface area contributed by atoms with Gasteiger partial charge in [0.15, 0.2) is 5.78 Å². The Morgan fingerprint density at radius 1 is 0.756 bits per heavy atom. The number of nitrogens with one attached hydrogen (secondary N) is 1. The van der Waals surface area contributed by atoms with Gasteiger partial charge in [0.1, 0.15) is 51.5 Å². The maximum Gasteiger partial charge on any atom is 0.477 e. The van der Waals surface area contributed by atoms with Crippen molar-refractivity contribution in [3.63, 3.8) is 0 Å². The molecule has 24 heteroatoms. The van der Waals surface area contributed by atoms with Gasteiger partial charge >= 0.3 is 44.0 Å². The number of benzene rings is 2. The summed E-state index contributed by atoms with van der Waals surface area (Å²) in [7, 11) is 1.30. The number of rotatable bonds is 16. The van der Waals surface area contributed by atoms with Crippen LogP contribution < -0.4 is 14.8 Å². The monoisotopic (exact) mass is 1230 g/mol. The smallest absolute Gasteiger partial charge is 0.477 e. The predicted octanol–water partition coefficient (Wildman–Crippen LogP) is 10.5. The number of imide groups is 1. The number of esters is 2. The Labute approximate surface area is 513 Å². The standard InChI is InChI=1S/C38H50BFN4O9S.C24H33BClFO5/c1-10-43-11-12-44(33(47)32(43)46)35(49)42-30(26-19-54-20(2)41-26)27(45)17-23(39-52-29-16-22-15-28(37(22,6)7)38(29,8)53-39)13-21-14-24(40)18-25(31(21)50-9)34(48)51-36(3,4)5;1-22(2,3)30-21(28)16-12-15(27)8-13(20(16)29-7)9-19(26)25-31-18-11-14-10-17(23(14,4)5)24(18,6)32-25/h14,18-19,22-23,28-30H,10-13,15-17H2,1-9H3,(H,42,49);8,12,14,17-19H,9-11H2,1-7H3/t22?,23-,28?,29?,30?,38+;14?,17?,18?,19-,24+/m11/s1. The van der Waals surface area contributed by atoms with Gasteiger partial charge in [0.25, 0.3) is 0 Å². The SMILES string of the molecule is CCN1CCN(C(=O)NC(C(=O)C[C@@H](Cc2cc(F)cc(C(=O)OC(C)(C)C)c2OC)B2OC3CC4CC(C4(C)C)[C@]3(C)O2)c2csc(C)n2)C(=O)C1=O.COc1c(C[C@@H](Cl)B2OC3CC4CC(C4(C)C)[C@]3(C)O2)cc(F)cc1C(=O)OC(C)(C)C. The molecule has 4 heterocycles. The van der Waals surface area contributed by atoms with E-state index >= 15 is 4.39 Å². The van der Waals surface area contributed by atoms with Gasteiger partial charge in [-0.25, -0.2) is 28.1 Å². The summed E-state index contributed by atoms with van der Waals surface area (Å²) in [5, 5.41) is 4.42. The van der Waals surface area contributed by atoms with E-state index in [2.05, 4.69) is 51.8 Å². The number of methoxy groups -OCH3 is 2. The molecule has 0 spiro atoms. The number of aromatic nitrogens is 1. The maximum absolute atomic E-state index is 15.3. The van der Waals surface area contributed by atoms with E-state index in [1.807, 2.05) is 0 Å². The third-order valence-corrected chi connectivity index (χ3v) is 20.5. The molecule has 3 aromatic rings. The maximum atomic E-state index is 15.3. The number of thiazole rings is 1. The quantitative estimate of drug-likeness (QED) is 0.0612. The van der Waals surface area contributed by atoms with Gasteiger partial charge in [-0.15, -0.1) is 22.9 Å². The Morgan fingerprint density at radius 2 is 1.24 bits per heavy atom. The van der Waals surface area contributed by atoms with E-state index in [0.717, 1.165) is 42.7 Å². The van der Waals surface area contributed by atoms with Crippen molar-refractivity contribution in [3.8, 4) is 11.5 Å². The minimum Gasteiger partial charge on any atom is -0.496 e. The molecule has 12 rings (SSSR count). The lowest BCUT2D eigenvalue weighted by Gasteiger charge is -2.64. The predicted molar refractivity (Wildman–Crippen MR) is 319 cm³/mol. The largest absolute Gasteiger partial charge is 0.496 e. The molecule has 1 N–H and O–H groups in total. The van der Waals surface area contributed by atoms with E-state index < -0.39 is 95.4 Å². The van der Waals surface area contributed by atoms with Crippen LogP contribution in [-0.2, 0) is 55.3 Å². The molecule has 2 aromatic carbocycles. The first-order valence-electron chi connectivity index (χ1n) is 29.9. The van der Waals surface area contributed by atoms with Crippen molar-refractivity contribution in [2.24, 2.45) is 34.5 Å². The Hall–Kier alpha value is -5.19. The number of hydrogen-bond acceptors (Lipinski definition) is 16. The van der Waals surface area contributed by atoms with E-state index in [1.54, 1.807) is 60.8 Å². The lowest BCUT2D eigenvalue weighted by atomic mass is 9.43. The molecule has 4 amide bonds. The molecule has 9 aliphatic rings. The molecule has 18 nitrogen and oxygen atoms in total. The molecule has 7 unspecified atom stereocenters. The van der Waals surface area contributed by atoms with Crippen LogP contribution in [0.3, 0.4) is 0 Å². The minimum atomic E-state index is -1.30. The fourth-order valence-corrected chi connectivity index (χ4v) is 15.6. The first-order valence-corrected chi connectivity index (χ1v) is 31.2. The number of amides is 4. The third-order valence-electron chi connectivity index (χ3n) is 19.3. The molecular formula is C62H83B2ClF2N4O14S. The topological polar surface area (TPSA) is 208 Å². The van der Waals surface area contributed by atoms with Crippen molar-refractivity contribution in [3.05, 3.63) is 74.2 Å². The number of Topliss-reactive ketones (excluding diaryl/α,β-unsaturated/α-hetero) is 1. The zero-order valence-corrected chi connectivity index (χ0v) is 54.0. The number of alkyl halides is 1. The zero-order chi connectivity index (χ0) is 63.1.